The molecule has 3 rings (SSSR count). The second-order valence-electron chi connectivity index (χ2n) is 4.17. The zero-order valence-electron chi connectivity index (χ0n) is 9.85. The van der Waals surface area contributed by atoms with Crippen LogP contribution in [-0.2, 0) is 17.8 Å². The third-order valence-electron chi connectivity index (χ3n) is 2.92. The van der Waals surface area contributed by atoms with E-state index in [4.69, 9.17) is 11.6 Å². The summed E-state index contributed by atoms with van der Waals surface area (Å²) in [5.74, 6) is 0.225. The van der Waals surface area contributed by atoms with Gasteiger partial charge >= 0.3 is 0 Å². The maximum absolute atomic E-state index is 12.1. The third-order valence-corrected chi connectivity index (χ3v) is 3.11. The molecule has 0 bridgehead atoms. The van der Waals surface area contributed by atoms with Gasteiger partial charge < -0.3 is 10.3 Å². The van der Waals surface area contributed by atoms with Crippen LogP contribution in [0.2, 0.25) is 5.28 Å². The van der Waals surface area contributed by atoms with Crippen molar-refractivity contribution in [1.29, 1.82) is 0 Å². The molecule has 2 aromatic rings. The first-order valence-corrected chi connectivity index (χ1v) is 6.14. The number of amides is 1. The highest BCUT2D eigenvalue weighted by molar-refractivity contribution is 6.28. The molecule has 3 N–H and O–H groups in total. The van der Waals surface area contributed by atoms with E-state index in [1.165, 1.54) is 6.20 Å². The largest absolute Gasteiger partial charge is 0.347 e. The maximum Gasteiger partial charge on any atom is 0.243 e. The number of hydrogen-bond donors (Lipinski definition) is 3. The number of nitrogens with one attached hydrogen (secondary N) is 3. The van der Waals surface area contributed by atoms with Gasteiger partial charge in [0.05, 0.1) is 23.8 Å². The standard InChI is InChI=1S/C11H11ClN6O/c12-11-13-2-1-9(18-11)17-10(19)7-3-6-8(4-14-7)16-5-15-6/h1-2,5,7,14H,3-4H2,(H,15,16)(H,13,17,18,19). The fourth-order valence-corrected chi connectivity index (χ4v) is 2.12. The van der Waals surface area contributed by atoms with Crippen LogP contribution in [0, 0.1) is 0 Å². The highest BCUT2D eigenvalue weighted by atomic mass is 35.5. The molecule has 1 atom stereocenters. The van der Waals surface area contributed by atoms with E-state index in [9.17, 15) is 4.79 Å². The Hall–Kier alpha value is -1.99. The average molecular weight is 279 g/mol. The lowest BCUT2D eigenvalue weighted by atomic mass is 10.0. The molecule has 8 heteroatoms. The first-order valence-electron chi connectivity index (χ1n) is 5.76. The lowest BCUT2D eigenvalue weighted by Crippen LogP contribution is -2.44. The van der Waals surface area contributed by atoms with Gasteiger partial charge in [-0.15, -0.1) is 0 Å². The van der Waals surface area contributed by atoms with Crippen molar-refractivity contribution in [2.75, 3.05) is 5.32 Å². The van der Waals surface area contributed by atoms with Crippen LogP contribution in [0.3, 0.4) is 0 Å². The number of hydrogen-bond acceptors (Lipinski definition) is 5. The normalized spacial score (nSPS) is 17.8. The Morgan fingerprint density at radius 1 is 1.47 bits per heavy atom. The summed E-state index contributed by atoms with van der Waals surface area (Å²) in [7, 11) is 0. The van der Waals surface area contributed by atoms with E-state index in [1.807, 2.05) is 0 Å². The first-order chi connectivity index (χ1) is 9.22. The summed E-state index contributed by atoms with van der Waals surface area (Å²) in [6.07, 6.45) is 3.67. The quantitative estimate of drug-likeness (QED) is 0.696. The number of rotatable bonds is 2. The average Bonchev–Trinajstić information content (AvgIpc) is 2.85. The molecule has 0 aliphatic carbocycles. The molecule has 19 heavy (non-hydrogen) atoms. The molecule has 0 saturated heterocycles. The lowest BCUT2D eigenvalue weighted by Gasteiger charge is -2.21. The summed E-state index contributed by atoms with van der Waals surface area (Å²) in [5.41, 5.74) is 1.94. The zero-order chi connectivity index (χ0) is 13.2. The van der Waals surface area contributed by atoms with Gasteiger partial charge in [-0.3, -0.25) is 10.1 Å². The van der Waals surface area contributed by atoms with Crippen LogP contribution in [0.25, 0.3) is 0 Å². The summed E-state index contributed by atoms with van der Waals surface area (Å²) in [6, 6.07) is 1.26. The fraction of sp³-hybridized carbons (Fsp3) is 0.273. The van der Waals surface area contributed by atoms with Gasteiger partial charge in [0.15, 0.2) is 0 Å². The van der Waals surface area contributed by atoms with Gasteiger partial charge in [-0.25, -0.2) is 15.0 Å². The summed E-state index contributed by atoms with van der Waals surface area (Å²) >= 11 is 5.66. The Kier molecular flexibility index (Phi) is 3.14. The SMILES string of the molecule is O=C(Nc1ccnc(Cl)n1)C1Cc2nc[nH]c2CN1. The molecule has 0 spiro atoms. The van der Waals surface area contributed by atoms with Gasteiger partial charge in [0.1, 0.15) is 5.82 Å². The minimum absolute atomic E-state index is 0.101. The number of carbonyl (C=O) groups is 1. The smallest absolute Gasteiger partial charge is 0.243 e. The number of H-pyrrole nitrogens is 1. The van der Waals surface area contributed by atoms with E-state index >= 15 is 0 Å². The van der Waals surface area contributed by atoms with Gasteiger partial charge in [0, 0.05) is 19.2 Å². The van der Waals surface area contributed by atoms with E-state index in [1.54, 1.807) is 12.4 Å². The second-order valence-corrected chi connectivity index (χ2v) is 4.50. The molecule has 1 amide bonds. The minimum atomic E-state index is -0.329. The summed E-state index contributed by atoms with van der Waals surface area (Å²) in [5, 5.41) is 5.94. The summed E-state index contributed by atoms with van der Waals surface area (Å²) in [6.45, 7) is 0.595. The maximum atomic E-state index is 12.1. The molecular formula is C11H11ClN6O. The highest BCUT2D eigenvalue weighted by Crippen LogP contribution is 2.13. The minimum Gasteiger partial charge on any atom is -0.347 e. The predicted octanol–water partition coefficient (Wildman–Crippen LogP) is 0.506. The number of halogens is 1. The van der Waals surface area contributed by atoms with E-state index in [-0.39, 0.29) is 17.2 Å². The fourth-order valence-electron chi connectivity index (χ4n) is 1.97. The van der Waals surface area contributed by atoms with E-state index in [2.05, 4.69) is 30.6 Å². The number of carbonyl (C=O) groups excluding carboxylic acids is 1. The number of aromatic amines is 1. The van der Waals surface area contributed by atoms with Crippen LogP contribution in [0.15, 0.2) is 18.6 Å². The van der Waals surface area contributed by atoms with Crippen LogP contribution < -0.4 is 10.6 Å². The number of aromatic nitrogens is 4. The van der Waals surface area contributed by atoms with Crippen LogP contribution >= 0.6 is 11.6 Å². The molecule has 0 radical (unpaired) electrons. The molecule has 0 fully saturated rings. The van der Waals surface area contributed by atoms with E-state index in [0.717, 1.165) is 11.4 Å². The van der Waals surface area contributed by atoms with Gasteiger partial charge in [-0.1, -0.05) is 0 Å². The van der Waals surface area contributed by atoms with Gasteiger partial charge in [-0.05, 0) is 17.7 Å². The highest BCUT2D eigenvalue weighted by Gasteiger charge is 2.25. The molecule has 2 aromatic heterocycles. The molecule has 1 aliphatic rings. The number of fused-ring (bicyclic) bond motifs is 1. The monoisotopic (exact) mass is 278 g/mol. The first kappa shape index (κ1) is 12.1. The predicted molar refractivity (Wildman–Crippen MR) is 68.6 cm³/mol. The lowest BCUT2D eigenvalue weighted by molar-refractivity contribution is -0.118. The second kappa shape index (κ2) is 4.94. The number of imidazole rings is 1. The van der Waals surface area contributed by atoms with Crippen molar-refractivity contribution in [3.63, 3.8) is 0 Å². The van der Waals surface area contributed by atoms with Crippen molar-refractivity contribution >= 4 is 23.3 Å². The molecule has 1 aliphatic heterocycles. The Balaban J connectivity index is 1.69. The van der Waals surface area contributed by atoms with E-state index < -0.39 is 0 Å². The number of nitrogens with zero attached hydrogens (tertiary/aromatic N) is 3. The molecule has 1 unspecified atom stereocenters. The Morgan fingerprint density at radius 3 is 3.21 bits per heavy atom. The van der Waals surface area contributed by atoms with Gasteiger partial charge in [-0.2, -0.15) is 0 Å². The molecule has 98 valence electrons. The van der Waals surface area contributed by atoms with Crippen molar-refractivity contribution in [2.45, 2.75) is 19.0 Å². The van der Waals surface area contributed by atoms with Crippen LogP contribution in [0.1, 0.15) is 11.4 Å². The van der Waals surface area contributed by atoms with Crippen LogP contribution in [-0.4, -0.2) is 31.9 Å². The third kappa shape index (κ3) is 2.56. The van der Waals surface area contributed by atoms with Crippen molar-refractivity contribution in [3.05, 3.63) is 35.3 Å². The van der Waals surface area contributed by atoms with Crippen molar-refractivity contribution < 1.29 is 4.79 Å². The van der Waals surface area contributed by atoms with Crippen molar-refractivity contribution in [3.8, 4) is 0 Å². The van der Waals surface area contributed by atoms with E-state index in [0.29, 0.717) is 18.8 Å². The van der Waals surface area contributed by atoms with Gasteiger partial charge in [0.2, 0.25) is 11.2 Å². The summed E-state index contributed by atoms with van der Waals surface area (Å²) < 4.78 is 0. The van der Waals surface area contributed by atoms with Crippen LogP contribution in [0.5, 0.6) is 0 Å². The number of anilines is 1. The Labute approximate surface area is 113 Å². The summed E-state index contributed by atoms with van der Waals surface area (Å²) in [4.78, 5) is 27.0. The molecular weight excluding hydrogens is 268 g/mol. The molecule has 0 aromatic carbocycles. The molecule has 0 saturated carbocycles. The Bertz CT molecular complexity index is 613. The van der Waals surface area contributed by atoms with Gasteiger partial charge in [0.25, 0.3) is 0 Å². The Morgan fingerprint density at radius 2 is 2.37 bits per heavy atom. The molecule has 7 nitrogen and oxygen atoms in total. The topological polar surface area (TPSA) is 95.6 Å². The van der Waals surface area contributed by atoms with Crippen molar-refractivity contribution in [1.82, 2.24) is 25.3 Å². The zero-order valence-corrected chi connectivity index (χ0v) is 10.6. The molecule has 3 heterocycles. The van der Waals surface area contributed by atoms with Crippen molar-refractivity contribution in [2.24, 2.45) is 0 Å². The van der Waals surface area contributed by atoms with Crippen LogP contribution in [0.4, 0.5) is 5.82 Å².